The SMILES string of the molecule is C/C=C/C(=O)Nc1ccc2c(c1)/C(=C/Nc1ccc(N3CCN(C)CC3)cc1)C(=O)NC2=O. The lowest BCUT2D eigenvalue weighted by atomic mass is 9.95. The summed E-state index contributed by atoms with van der Waals surface area (Å²) in [5, 5.41) is 8.25. The lowest BCUT2D eigenvalue weighted by Crippen LogP contribution is -2.44. The van der Waals surface area contributed by atoms with Crippen molar-refractivity contribution in [2.24, 2.45) is 0 Å². The fraction of sp³-hybridized carbons (Fsp3) is 0.240. The van der Waals surface area contributed by atoms with E-state index in [1.54, 1.807) is 37.4 Å². The van der Waals surface area contributed by atoms with Gasteiger partial charge >= 0.3 is 0 Å². The predicted octanol–water partition coefficient (Wildman–Crippen LogP) is 2.68. The van der Waals surface area contributed by atoms with Gasteiger partial charge in [0.2, 0.25) is 5.91 Å². The monoisotopic (exact) mass is 445 g/mol. The van der Waals surface area contributed by atoms with E-state index in [2.05, 4.69) is 44.9 Å². The van der Waals surface area contributed by atoms with Gasteiger partial charge in [-0.25, -0.2) is 0 Å². The molecule has 0 radical (unpaired) electrons. The van der Waals surface area contributed by atoms with Crippen LogP contribution in [0, 0.1) is 0 Å². The van der Waals surface area contributed by atoms with Gasteiger partial charge in [-0.2, -0.15) is 0 Å². The maximum absolute atomic E-state index is 12.6. The Bertz CT molecular complexity index is 1130. The summed E-state index contributed by atoms with van der Waals surface area (Å²) in [4.78, 5) is 41.4. The molecule has 0 spiro atoms. The number of nitrogens with zero attached hydrogens (tertiary/aromatic N) is 2. The van der Waals surface area contributed by atoms with Crippen LogP contribution in [0.1, 0.15) is 22.8 Å². The molecule has 8 nitrogen and oxygen atoms in total. The molecular weight excluding hydrogens is 418 g/mol. The summed E-state index contributed by atoms with van der Waals surface area (Å²) in [5.74, 6) is -1.24. The Morgan fingerprint density at radius 1 is 0.939 bits per heavy atom. The summed E-state index contributed by atoms with van der Waals surface area (Å²) < 4.78 is 0. The van der Waals surface area contributed by atoms with Crippen molar-refractivity contribution in [2.45, 2.75) is 6.92 Å². The molecule has 2 aliphatic heterocycles. The Kier molecular flexibility index (Phi) is 6.55. The highest BCUT2D eigenvalue weighted by molar-refractivity contribution is 6.31. The lowest BCUT2D eigenvalue weighted by Gasteiger charge is -2.34. The van der Waals surface area contributed by atoms with E-state index in [0.717, 1.165) is 37.6 Å². The third-order valence-corrected chi connectivity index (χ3v) is 5.73. The number of nitrogens with one attached hydrogen (secondary N) is 3. The molecule has 2 heterocycles. The Balaban J connectivity index is 1.54. The first-order valence-electron chi connectivity index (χ1n) is 10.9. The predicted molar refractivity (Wildman–Crippen MR) is 130 cm³/mol. The highest BCUT2D eigenvalue weighted by Gasteiger charge is 2.27. The van der Waals surface area contributed by atoms with Crippen LogP contribution in [0.15, 0.2) is 60.8 Å². The number of hydrogen-bond acceptors (Lipinski definition) is 6. The Labute approximate surface area is 192 Å². The van der Waals surface area contributed by atoms with Crippen LogP contribution in [0.2, 0.25) is 0 Å². The smallest absolute Gasteiger partial charge is 0.260 e. The normalized spacial score (nSPS) is 17.8. The molecule has 3 amide bonds. The number of anilines is 3. The van der Waals surface area contributed by atoms with E-state index in [1.807, 2.05) is 12.1 Å². The molecule has 0 saturated carbocycles. The van der Waals surface area contributed by atoms with E-state index in [1.165, 1.54) is 6.08 Å². The van der Waals surface area contributed by atoms with Gasteiger partial charge in [0.1, 0.15) is 0 Å². The number of fused-ring (bicyclic) bond motifs is 1. The van der Waals surface area contributed by atoms with Crippen molar-refractivity contribution >= 4 is 40.4 Å². The summed E-state index contributed by atoms with van der Waals surface area (Å²) in [6, 6.07) is 12.9. The van der Waals surface area contributed by atoms with Crippen molar-refractivity contribution in [3.05, 3.63) is 71.9 Å². The standard InChI is InChI=1S/C25H27N5O3/c1-3-4-23(31)27-18-7-10-20-21(15-18)22(25(33)28-24(20)32)16-26-17-5-8-19(9-6-17)30-13-11-29(2)12-14-30/h3-10,15-16,26H,11-14H2,1-2H3,(H,27,31)(H,28,32,33)/b4-3+,22-16-. The molecule has 33 heavy (non-hydrogen) atoms. The van der Waals surface area contributed by atoms with Gasteiger partial charge in [0.15, 0.2) is 0 Å². The number of likely N-dealkylation sites (N-methyl/N-ethyl adjacent to an activating group) is 1. The Morgan fingerprint density at radius 2 is 1.64 bits per heavy atom. The fourth-order valence-electron chi connectivity index (χ4n) is 3.87. The van der Waals surface area contributed by atoms with Crippen LogP contribution in [0.25, 0.3) is 5.57 Å². The van der Waals surface area contributed by atoms with Crippen molar-refractivity contribution < 1.29 is 14.4 Å². The van der Waals surface area contributed by atoms with Crippen LogP contribution in [-0.4, -0.2) is 55.8 Å². The van der Waals surface area contributed by atoms with Crippen LogP contribution in [0.5, 0.6) is 0 Å². The second-order valence-corrected chi connectivity index (χ2v) is 8.07. The van der Waals surface area contributed by atoms with Crippen molar-refractivity contribution in [3.8, 4) is 0 Å². The number of piperazine rings is 1. The molecule has 170 valence electrons. The molecule has 0 aromatic heterocycles. The second kappa shape index (κ2) is 9.70. The van der Waals surface area contributed by atoms with Gasteiger partial charge in [0.25, 0.3) is 11.8 Å². The molecule has 4 rings (SSSR count). The van der Waals surface area contributed by atoms with Crippen molar-refractivity contribution in [1.29, 1.82) is 0 Å². The van der Waals surface area contributed by atoms with E-state index >= 15 is 0 Å². The number of carbonyl (C=O) groups excluding carboxylic acids is 3. The van der Waals surface area contributed by atoms with Crippen molar-refractivity contribution in [3.63, 3.8) is 0 Å². The van der Waals surface area contributed by atoms with E-state index in [9.17, 15) is 14.4 Å². The van der Waals surface area contributed by atoms with E-state index in [-0.39, 0.29) is 5.91 Å². The molecule has 2 aromatic rings. The first-order chi connectivity index (χ1) is 15.9. The minimum atomic E-state index is -0.494. The van der Waals surface area contributed by atoms with E-state index in [4.69, 9.17) is 0 Å². The zero-order valence-electron chi connectivity index (χ0n) is 18.7. The molecule has 1 fully saturated rings. The molecule has 3 N–H and O–H groups in total. The zero-order valence-corrected chi connectivity index (χ0v) is 18.7. The maximum Gasteiger partial charge on any atom is 0.260 e. The molecule has 0 bridgehead atoms. The molecule has 1 saturated heterocycles. The van der Waals surface area contributed by atoms with Gasteiger partial charge < -0.3 is 20.4 Å². The van der Waals surface area contributed by atoms with Crippen LogP contribution < -0.4 is 20.9 Å². The highest BCUT2D eigenvalue weighted by atomic mass is 16.2. The number of benzene rings is 2. The van der Waals surface area contributed by atoms with Gasteiger partial charge in [-0.15, -0.1) is 0 Å². The number of hydrogen-bond donors (Lipinski definition) is 3. The second-order valence-electron chi connectivity index (χ2n) is 8.07. The van der Waals surface area contributed by atoms with Crippen LogP contribution >= 0.6 is 0 Å². The van der Waals surface area contributed by atoms with E-state index < -0.39 is 11.8 Å². The van der Waals surface area contributed by atoms with Gasteiger partial charge in [-0.1, -0.05) is 6.08 Å². The van der Waals surface area contributed by atoms with Gasteiger partial charge in [-0.3, -0.25) is 19.7 Å². The van der Waals surface area contributed by atoms with Crippen molar-refractivity contribution in [2.75, 3.05) is 48.8 Å². The number of carbonyl (C=O) groups is 3. The molecule has 0 atom stereocenters. The Hall–Kier alpha value is -3.91. The summed E-state index contributed by atoms with van der Waals surface area (Å²) in [7, 11) is 2.13. The third kappa shape index (κ3) is 5.12. The Morgan fingerprint density at radius 3 is 2.33 bits per heavy atom. The third-order valence-electron chi connectivity index (χ3n) is 5.73. The fourth-order valence-corrected chi connectivity index (χ4v) is 3.87. The van der Waals surface area contributed by atoms with Gasteiger partial charge in [-0.05, 0) is 62.5 Å². The van der Waals surface area contributed by atoms with Gasteiger partial charge in [0.05, 0.1) is 5.57 Å². The summed E-state index contributed by atoms with van der Waals surface area (Å²) in [6.07, 6.45) is 4.62. The van der Waals surface area contributed by atoms with Gasteiger partial charge in [0, 0.05) is 60.6 Å². The lowest BCUT2D eigenvalue weighted by molar-refractivity contribution is -0.115. The summed E-state index contributed by atoms with van der Waals surface area (Å²) >= 11 is 0. The highest BCUT2D eigenvalue weighted by Crippen LogP contribution is 2.28. The zero-order chi connectivity index (χ0) is 23.4. The van der Waals surface area contributed by atoms with Crippen LogP contribution in [-0.2, 0) is 9.59 Å². The van der Waals surface area contributed by atoms with E-state index in [0.29, 0.717) is 22.4 Å². The maximum atomic E-state index is 12.6. The largest absolute Gasteiger partial charge is 0.369 e. The molecule has 2 aromatic carbocycles. The minimum Gasteiger partial charge on any atom is -0.369 e. The first kappa shape index (κ1) is 22.3. The van der Waals surface area contributed by atoms with Crippen molar-refractivity contribution in [1.82, 2.24) is 10.2 Å². The van der Waals surface area contributed by atoms with Crippen LogP contribution in [0.3, 0.4) is 0 Å². The number of amides is 3. The molecule has 8 heteroatoms. The quantitative estimate of drug-likeness (QED) is 0.484. The summed E-state index contributed by atoms with van der Waals surface area (Å²) in [5.41, 5.74) is 3.63. The summed E-state index contributed by atoms with van der Waals surface area (Å²) in [6.45, 7) is 5.81. The number of allylic oxidation sites excluding steroid dienone is 1. The van der Waals surface area contributed by atoms with Crippen LogP contribution in [0.4, 0.5) is 17.1 Å². The minimum absolute atomic E-state index is 0.284. The average Bonchev–Trinajstić information content (AvgIpc) is 2.80. The molecule has 0 aliphatic carbocycles. The first-order valence-corrected chi connectivity index (χ1v) is 10.9. The number of rotatable bonds is 5. The average molecular weight is 446 g/mol. The molecule has 0 unspecified atom stereocenters. The topological polar surface area (TPSA) is 93.8 Å². The number of imide groups is 1. The molecular formula is C25H27N5O3. The molecule has 2 aliphatic rings.